The largest absolute Gasteiger partial charge is 0.481 e. The van der Waals surface area contributed by atoms with Crippen molar-refractivity contribution in [2.75, 3.05) is 11.9 Å². The van der Waals surface area contributed by atoms with E-state index in [4.69, 9.17) is 5.11 Å². The highest BCUT2D eigenvalue weighted by Crippen LogP contribution is 2.19. The molecule has 16 heavy (non-hydrogen) atoms. The average molecular weight is 229 g/mol. The number of benzene rings is 1. The van der Waals surface area contributed by atoms with Crippen molar-refractivity contribution in [3.05, 3.63) is 29.8 Å². The summed E-state index contributed by atoms with van der Waals surface area (Å²) >= 11 is 0. The van der Waals surface area contributed by atoms with Crippen LogP contribution in [0.25, 0.3) is 0 Å². The Morgan fingerprint density at radius 3 is 2.56 bits per heavy atom. The van der Waals surface area contributed by atoms with E-state index in [0.717, 1.165) is 12.1 Å². The number of hydrogen-bond acceptors (Lipinski definition) is 2. The zero-order valence-electron chi connectivity index (χ0n) is 9.08. The number of halogens is 2. The Hall–Kier alpha value is -1.65. The zero-order chi connectivity index (χ0) is 12.3. The Bertz CT molecular complexity index is 396. The van der Waals surface area contributed by atoms with Crippen LogP contribution < -0.4 is 4.90 Å². The van der Waals surface area contributed by atoms with Gasteiger partial charge in [0, 0.05) is 24.8 Å². The van der Waals surface area contributed by atoms with Crippen molar-refractivity contribution in [3.63, 3.8) is 0 Å². The number of carboxylic acids is 1. The van der Waals surface area contributed by atoms with Gasteiger partial charge in [-0.15, -0.1) is 0 Å². The van der Waals surface area contributed by atoms with Crippen molar-refractivity contribution in [3.8, 4) is 0 Å². The molecule has 0 aromatic heterocycles. The highest BCUT2D eigenvalue weighted by molar-refractivity contribution is 5.68. The second-order valence-electron chi connectivity index (χ2n) is 3.66. The van der Waals surface area contributed by atoms with Gasteiger partial charge in [0.15, 0.2) is 11.6 Å². The molecule has 88 valence electrons. The van der Waals surface area contributed by atoms with Gasteiger partial charge in [0.25, 0.3) is 0 Å². The van der Waals surface area contributed by atoms with Crippen molar-refractivity contribution in [2.24, 2.45) is 0 Å². The fraction of sp³-hybridized carbons (Fsp3) is 0.364. The van der Waals surface area contributed by atoms with E-state index in [-0.39, 0.29) is 12.5 Å². The van der Waals surface area contributed by atoms with E-state index in [2.05, 4.69) is 0 Å². The minimum Gasteiger partial charge on any atom is -0.481 e. The highest BCUT2D eigenvalue weighted by atomic mass is 19.2. The third-order valence-electron chi connectivity index (χ3n) is 2.44. The van der Waals surface area contributed by atoms with Crippen molar-refractivity contribution in [1.29, 1.82) is 0 Å². The number of hydrogen-bond donors (Lipinski definition) is 1. The van der Waals surface area contributed by atoms with Crippen LogP contribution in [0.4, 0.5) is 14.5 Å². The summed E-state index contributed by atoms with van der Waals surface area (Å²) in [5, 5.41) is 8.62. The van der Waals surface area contributed by atoms with Crippen LogP contribution in [0.3, 0.4) is 0 Å². The predicted molar refractivity (Wildman–Crippen MR) is 56.5 cm³/mol. The van der Waals surface area contributed by atoms with Crippen LogP contribution in [0, 0.1) is 11.6 Å². The molecule has 0 spiro atoms. The lowest BCUT2D eigenvalue weighted by atomic mass is 10.2. The van der Waals surface area contributed by atoms with Crippen LogP contribution in [0.15, 0.2) is 18.2 Å². The number of rotatable bonds is 4. The highest BCUT2D eigenvalue weighted by Gasteiger charge is 2.14. The topological polar surface area (TPSA) is 40.5 Å². The third kappa shape index (κ3) is 2.92. The molecule has 1 N–H and O–H groups in total. The van der Waals surface area contributed by atoms with Crippen LogP contribution >= 0.6 is 0 Å². The zero-order valence-corrected chi connectivity index (χ0v) is 9.08. The molecule has 1 atom stereocenters. The van der Waals surface area contributed by atoms with E-state index >= 15 is 0 Å². The molecule has 5 heteroatoms. The Morgan fingerprint density at radius 2 is 2.06 bits per heavy atom. The van der Waals surface area contributed by atoms with Crippen LogP contribution in [0.2, 0.25) is 0 Å². The molecule has 0 fully saturated rings. The first-order valence-electron chi connectivity index (χ1n) is 4.81. The number of carboxylic acid groups (broad SMARTS) is 1. The van der Waals surface area contributed by atoms with Crippen molar-refractivity contribution in [1.82, 2.24) is 0 Å². The third-order valence-corrected chi connectivity index (χ3v) is 2.44. The smallest absolute Gasteiger partial charge is 0.305 e. The second-order valence-corrected chi connectivity index (χ2v) is 3.66. The van der Waals surface area contributed by atoms with Crippen molar-refractivity contribution >= 4 is 11.7 Å². The molecule has 0 radical (unpaired) electrons. The monoisotopic (exact) mass is 229 g/mol. The summed E-state index contributed by atoms with van der Waals surface area (Å²) in [7, 11) is 1.64. The predicted octanol–water partition coefficient (Wildman–Crippen LogP) is 2.26. The number of aliphatic carboxylic acids is 1. The lowest BCUT2D eigenvalue weighted by molar-refractivity contribution is -0.137. The Balaban J connectivity index is 2.83. The Morgan fingerprint density at radius 1 is 1.44 bits per heavy atom. The van der Waals surface area contributed by atoms with Gasteiger partial charge in [-0.05, 0) is 19.1 Å². The summed E-state index contributed by atoms with van der Waals surface area (Å²) in [5.41, 5.74) is 0.452. The molecule has 1 aromatic carbocycles. The SMILES string of the molecule is CC(CC(=O)O)N(C)c1ccc(F)c(F)c1. The van der Waals surface area contributed by atoms with Crippen LogP contribution in [0.1, 0.15) is 13.3 Å². The van der Waals surface area contributed by atoms with Crippen LogP contribution in [-0.4, -0.2) is 24.2 Å². The van der Waals surface area contributed by atoms with Gasteiger partial charge in [-0.3, -0.25) is 4.79 Å². The number of anilines is 1. The minimum atomic E-state index is -0.938. The molecule has 0 amide bonds. The summed E-state index contributed by atoms with van der Waals surface area (Å²) in [6, 6.07) is 3.20. The van der Waals surface area contributed by atoms with Crippen LogP contribution in [0.5, 0.6) is 0 Å². The molecule has 0 saturated carbocycles. The van der Waals surface area contributed by atoms with E-state index in [0.29, 0.717) is 5.69 Å². The maximum Gasteiger partial charge on any atom is 0.305 e. The summed E-state index contributed by atoms with van der Waals surface area (Å²) in [5.74, 6) is -2.78. The first-order valence-corrected chi connectivity index (χ1v) is 4.81. The van der Waals surface area contributed by atoms with E-state index in [9.17, 15) is 13.6 Å². The van der Waals surface area contributed by atoms with Gasteiger partial charge >= 0.3 is 5.97 Å². The van der Waals surface area contributed by atoms with Gasteiger partial charge < -0.3 is 10.0 Å². The van der Waals surface area contributed by atoms with Crippen LogP contribution in [-0.2, 0) is 4.79 Å². The standard InChI is InChI=1S/C11H13F2NO2/c1-7(5-11(15)16)14(2)8-3-4-9(12)10(13)6-8/h3-4,6-7H,5H2,1-2H3,(H,15,16). The molecule has 1 rings (SSSR count). The van der Waals surface area contributed by atoms with Gasteiger partial charge in [0.05, 0.1) is 6.42 Å². The van der Waals surface area contributed by atoms with Gasteiger partial charge in [-0.25, -0.2) is 8.78 Å². The van der Waals surface area contributed by atoms with Gasteiger partial charge in [0.2, 0.25) is 0 Å². The fourth-order valence-electron chi connectivity index (χ4n) is 1.35. The molecule has 0 aliphatic rings. The first-order chi connectivity index (χ1) is 7.41. The van der Waals surface area contributed by atoms with E-state index in [1.807, 2.05) is 0 Å². The fourth-order valence-corrected chi connectivity index (χ4v) is 1.35. The number of carbonyl (C=O) groups is 1. The molecule has 1 unspecified atom stereocenters. The van der Waals surface area contributed by atoms with Gasteiger partial charge in [-0.2, -0.15) is 0 Å². The lowest BCUT2D eigenvalue weighted by Crippen LogP contribution is -2.31. The van der Waals surface area contributed by atoms with E-state index in [1.54, 1.807) is 18.9 Å². The first kappa shape index (κ1) is 12.4. The Kier molecular flexibility index (Phi) is 3.82. The average Bonchev–Trinajstić information content (AvgIpc) is 2.20. The molecule has 0 aliphatic carbocycles. The van der Waals surface area contributed by atoms with Crippen molar-refractivity contribution in [2.45, 2.75) is 19.4 Å². The van der Waals surface area contributed by atoms with E-state index < -0.39 is 17.6 Å². The maximum absolute atomic E-state index is 12.9. The Labute approximate surface area is 92.3 Å². The molecule has 0 saturated heterocycles. The molecule has 0 aliphatic heterocycles. The minimum absolute atomic E-state index is 0.0600. The van der Waals surface area contributed by atoms with Gasteiger partial charge in [0.1, 0.15) is 0 Å². The molecular weight excluding hydrogens is 216 g/mol. The van der Waals surface area contributed by atoms with E-state index in [1.165, 1.54) is 6.07 Å². The quantitative estimate of drug-likeness (QED) is 0.860. The molecular formula is C11H13F2NO2. The summed E-state index contributed by atoms with van der Waals surface area (Å²) in [4.78, 5) is 12.1. The number of nitrogens with zero attached hydrogens (tertiary/aromatic N) is 1. The summed E-state index contributed by atoms with van der Waals surface area (Å²) in [6.07, 6.45) is -0.0600. The maximum atomic E-state index is 12.9. The van der Waals surface area contributed by atoms with Gasteiger partial charge in [-0.1, -0.05) is 0 Å². The molecule has 0 heterocycles. The molecule has 3 nitrogen and oxygen atoms in total. The normalized spacial score (nSPS) is 12.2. The second kappa shape index (κ2) is 4.92. The molecule has 1 aromatic rings. The van der Waals surface area contributed by atoms with Crippen molar-refractivity contribution < 1.29 is 18.7 Å². The summed E-state index contributed by atoms with van der Waals surface area (Å²) < 4.78 is 25.6. The summed E-state index contributed by atoms with van der Waals surface area (Å²) in [6.45, 7) is 1.70. The molecule has 0 bridgehead atoms. The lowest BCUT2D eigenvalue weighted by Gasteiger charge is -2.25.